The topological polar surface area (TPSA) is 75.6 Å². The van der Waals surface area contributed by atoms with Gasteiger partial charge in [0.15, 0.2) is 25.0 Å². The summed E-state index contributed by atoms with van der Waals surface area (Å²) in [6.45, 7) is 20.2. The molecule has 0 bridgehead atoms. The Hall–Kier alpha value is 0.191. The van der Waals surface area contributed by atoms with Crippen molar-refractivity contribution in [2.24, 2.45) is 5.16 Å². The normalized spacial score (nSPS) is 15.6. The van der Waals surface area contributed by atoms with Crippen molar-refractivity contribution in [2.45, 2.75) is 72.0 Å². The van der Waals surface area contributed by atoms with Gasteiger partial charge in [-0.2, -0.15) is 0 Å². The van der Waals surface area contributed by atoms with Gasteiger partial charge in [-0.25, -0.2) is 4.57 Å². The molecule has 150 valence electrons. The Morgan fingerprint density at radius 1 is 0.920 bits per heavy atom. The van der Waals surface area contributed by atoms with Crippen molar-refractivity contribution < 1.29 is 26.8 Å². The second-order valence-electron chi connectivity index (χ2n) is 8.59. The smallest absolute Gasteiger partial charge is 0.407 e. The highest BCUT2D eigenvalue weighted by atomic mass is 31.2. The first-order valence-corrected chi connectivity index (χ1v) is 20.2. The molecular formula is C14H36NO6PSi3. The van der Waals surface area contributed by atoms with Crippen LogP contribution in [0.4, 0.5) is 0 Å². The Bertz CT molecular complexity index is 451. The van der Waals surface area contributed by atoms with Crippen molar-refractivity contribution in [3.8, 4) is 0 Å². The lowest BCUT2D eigenvalue weighted by Gasteiger charge is -2.31. The fourth-order valence-electron chi connectivity index (χ4n) is 1.65. The molecule has 7 nitrogen and oxygen atoms in total. The molecule has 0 fully saturated rings. The molecule has 0 amide bonds. The van der Waals surface area contributed by atoms with E-state index >= 15 is 0 Å². The molecule has 0 aliphatic heterocycles. The molecule has 0 spiro atoms. The van der Waals surface area contributed by atoms with Gasteiger partial charge in [0.05, 0.1) is 12.8 Å². The van der Waals surface area contributed by atoms with Gasteiger partial charge in [0.25, 0.3) is 0 Å². The zero-order chi connectivity index (χ0) is 19.9. The van der Waals surface area contributed by atoms with Crippen molar-refractivity contribution in [1.82, 2.24) is 0 Å². The van der Waals surface area contributed by atoms with Gasteiger partial charge in [0.2, 0.25) is 0 Å². The van der Waals surface area contributed by atoms with Crippen LogP contribution in [0.1, 0.15) is 6.92 Å². The summed E-state index contributed by atoms with van der Waals surface area (Å²) in [6, 6.07) is 0. The number of hydrogen-bond donors (Lipinski definition) is 0. The van der Waals surface area contributed by atoms with Gasteiger partial charge in [-0.1, -0.05) is 5.16 Å². The minimum Gasteiger partial charge on any atom is -0.407 e. The van der Waals surface area contributed by atoms with Crippen LogP contribution in [0.2, 0.25) is 58.9 Å². The van der Waals surface area contributed by atoms with Gasteiger partial charge < -0.3 is 17.7 Å². The lowest BCUT2D eigenvalue weighted by atomic mass is 10.4. The molecule has 0 unspecified atom stereocenters. The van der Waals surface area contributed by atoms with Gasteiger partial charge in [-0.3, -0.25) is 4.52 Å². The van der Waals surface area contributed by atoms with Gasteiger partial charge in [0, 0.05) is 0 Å². The zero-order valence-corrected chi connectivity index (χ0v) is 21.3. The van der Waals surface area contributed by atoms with Crippen LogP contribution >= 0.6 is 7.82 Å². The summed E-state index contributed by atoms with van der Waals surface area (Å²) in [4.78, 5) is 5.00. The Morgan fingerprint density at radius 3 is 1.76 bits per heavy atom. The highest BCUT2D eigenvalue weighted by Crippen LogP contribution is 2.54. The highest BCUT2D eigenvalue weighted by Gasteiger charge is 2.39. The van der Waals surface area contributed by atoms with Crippen molar-refractivity contribution in [3.63, 3.8) is 0 Å². The zero-order valence-electron chi connectivity index (χ0n) is 17.4. The molecule has 0 rings (SSSR count). The number of nitrogens with zero attached hydrogens (tertiary/aromatic N) is 1. The van der Waals surface area contributed by atoms with Crippen LogP contribution in [0.5, 0.6) is 0 Å². The van der Waals surface area contributed by atoms with E-state index in [0.29, 0.717) is 6.61 Å². The van der Waals surface area contributed by atoms with Crippen LogP contribution in [-0.2, 0) is 26.8 Å². The summed E-state index contributed by atoms with van der Waals surface area (Å²) in [5.41, 5.74) is 0. The molecule has 25 heavy (non-hydrogen) atoms. The molecule has 0 aromatic heterocycles. The molecule has 0 aromatic rings. The maximum absolute atomic E-state index is 13.1. The predicted octanol–water partition coefficient (Wildman–Crippen LogP) is 5.06. The first kappa shape index (κ1) is 25.2. The summed E-state index contributed by atoms with van der Waals surface area (Å²) >= 11 is 0. The Morgan fingerprint density at radius 2 is 1.40 bits per heavy atom. The molecule has 0 saturated carbocycles. The average molecular weight is 430 g/mol. The van der Waals surface area contributed by atoms with E-state index in [2.05, 4.69) is 24.8 Å². The van der Waals surface area contributed by atoms with Crippen molar-refractivity contribution in [2.75, 3.05) is 13.2 Å². The fraction of sp³-hybridized carbons (Fsp3) is 0.929. The maximum Gasteiger partial charge on any atom is 0.455 e. The number of oxime groups is 1. The number of rotatable bonds is 12. The van der Waals surface area contributed by atoms with Crippen LogP contribution in [0, 0.1) is 0 Å². The van der Waals surface area contributed by atoms with E-state index < -0.39 is 38.9 Å². The average Bonchev–Trinajstić information content (AvgIpc) is 2.29. The number of hydrogen-bond acceptors (Lipinski definition) is 7. The van der Waals surface area contributed by atoms with Gasteiger partial charge >= 0.3 is 7.82 Å². The van der Waals surface area contributed by atoms with Gasteiger partial charge in [-0.05, 0) is 65.8 Å². The molecule has 0 N–H and O–H groups in total. The molecule has 0 aliphatic carbocycles. The van der Waals surface area contributed by atoms with E-state index in [0.717, 1.165) is 0 Å². The lowest BCUT2D eigenvalue weighted by molar-refractivity contribution is 0.128. The lowest BCUT2D eigenvalue weighted by Crippen LogP contribution is -2.36. The molecule has 1 atom stereocenters. The molecule has 0 aliphatic rings. The third-order valence-corrected chi connectivity index (χ3v) is 9.75. The van der Waals surface area contributed by atoms with Crippen LogP contribution < -0.4 is 0 Å². The summed E-state index contributed by atoms with van der Waals surface area (Å²) in [6.07, 6.45) is 1.07. The van der Waals surface area contributed by atoms with Gasteiger partial charge in [0.1, 0.15) is 12.7 Å². The Kier molecular flexibility index (Phi) is 10.0. The first-order chi connectivity index (χ1) is 11.1. The van der Waals surface area contributed by atoms with Crippen molar-refractivity contribution in [1.29, 1.82) is 0 Å². The fourth-order valence-corrected chi connectivity index (χ4v) is 9.29. The molecule has 0 saturated heterocycles. The minimum absolute atomic E-state index is 0.0348. The molecular weight excluding hydrogens is 393 g/mol. The Labute approximate surface area is 156 Å². The SMILES string of the molecule is CCO/N=C\[C@@H](COP(=O)(O[Si](C)(C)C)O[Si](C)(C)C)O[Si](C)(C)C. The summed E-state index contributed by atoms with van der Waals surface area (Å²) in [5.74, 6) is 0. The second kappa shape index (κ2) is 9.93. The molecule has 0 aromatic carbocycles. The standard InChI is InChI=1S/C14H36NO6PSi3/c1-11-17-15-12-14(19-23(2,3)4)13-18-22(16,20-24(5,6)7)21-25(8,9)10/h12,14H,11,13H2,1-10H3/b15-12-/t14-/m0/s1. The second-order valence-corrected chi connectivity index (χ2v) is 24.1. The number of phosphoric acid groups is 1. The van der Waals surface area contributed by atoms with Crippen LogP contribution in [-0.4, -0.2) is 50.5 Å². The van der Waals surface area contributed by atoms with E-state index in [4.69, 9.17) is 22.2 Å². The highest BCUT2D eigenvalue weighted by molar-refractivity contribution is 7.52. The first-order valence-electron chi connectivity index (χ1n) is 8.55. The molecule has 0 radical (unpaired) electrons. The van der Waals surface area contributed by atoms with Crippen molar-refractivity contribution >= 4 is 39.0 Å². The summed E-state index contributed by atoms with van der Waals surface area (Å²) in [5, 5.41) is 3.86. The van der Waals surface area contributed by atoms with E-state index in [1.807, 2.05) is 46.2 Å². The van der Waals surface area contributed by atoms with E-state index in [1.54, 1.807) is 0 Å². The minimum atomic E-state index is -3.66. The maximum atomic E-state index is 13.1. The predicted molar refractivity (Wildman–Crippen MR) is 111 cm³/mol. The third kappa shape index (κ3) is 15.0. The quantitative estimate of drug-likeness (QED) is 0.187. The Balaban J connectivity index is 5.19. The summed E-state index contributed by atoms with van der Waals surface area (Å²) in [7, 11) is -9.76. The monoisotopic (exact) mass is 429 g/mol. The van der Waals surface area contributed by atoms with Crippen LogP contribution in [0.3, 0.4) is 0 Å². The largest absolute Gasteiger partial charge is 0.455 e. The van der Waals surface area contributed by atoms with E-state index in [1.165, 1.54) is 6.21 Å². The van der Waals surface area contributed by atoms with Gasteiger partial charge in [-0.15, -0.1) is 0 Å². The summed E-state index contributed by atoms with van der Waals surface area (Å²) < 4.78 is 36.3. The van der Waals surface area contributed by atoms with Crippen molar-refractivity contribution in [3.05, 3.63) is 0 Å². The molecule has 11 heteroatoms. The third-order valence-electron chi connectivity index (χ3n) is 2.10. The van der Waals surface area contributed by atoms with E-state index in [9.17, 15) is 4.57 Å². The van der Waals surface area contributed by atoms with E-state index in [-0.39, 0.29) is 6.61 Å². The molecule has 0 heterocycles. The van der Waals surface area contributed by atoms with Crippen LogP contribution in [0.25, 0.3) is 0 Å². The van der Waals surface area contributed by atoms with Crippen LogP contribution in [0.15, 0.2) is 5.16 Å².